The predicted octanol–water partition coefficient (Wildman–Crippen LogP) is 3.53. The van der Waals surface area contributed by atoms with E-state index in [4.69, 9.17) is 9.47 Å². The summed E-state index contributed by atoms with van der Waals surface area (Å²) in [6, 6.07) is 4.76. The molecule has 160 valence electrons. The van der Waals surface area contributed by atoms with Gasteiger partial charge in [0.2, 0.25) is 0 Å². The van der Waals surface area contributed by atoms with Crippen molar-refractivity contribution < 1.29 is 23.5 Å². The Morgan fingerprint density at radius 1 is 1.17 bits per heavy atom. The van der Waals surface area contributed by atoms with Crippen LogP contribution in [0.15, 0.2) is 18.2 Å². The van der Waals surface area contributed by atoms with E-state index in [1.807, 2.05) is 19.0 Å². The molecule has 1 amide bonds. The van der Waals surface area contributed by atoms with Crippen LogP contribution >= 0.6 is 11.3 Å². The van der Waals surface area contributed by atoms with Gasteiger partial charge in [-0.2, -0.15) is 0 Å². The summed E-state index contributed by atoms with van der Waals surface area (Å²) in [5.41, 5.74) is -0.135. The van der Waals surface area contributed by atoms with E-state index in [2.05, 4.69) is 0 Å². The summed E-state index contributed by atoms with van der Waals surface area (Å²) in [5.74, 6) is -1.20. The number of halogens is 1. The topological polar surface area (TPSA) is 59.1 Å². The molecule has 0 saturated carbocycles. The fraction of sp³-hybridized carbons (Fsp3) is 0.524. The summed E-state index contributed by atoms with van der Waals surface area (Å²) in [5, 5.41) is 0.396. The minimum atomic E-state index is -0.644. The van der Waals surface area contributed by atoms with Gasteiger partial charge >= 0.3 is 5.97 Å². The van der Waals surface area contributed by atoms with Gasteiger partial charge in [-0.15, -0.1) is 11.3 Å². The lowest BCUT2D eigenvalue weighted by Gasteiger charge is -2.26. The quantitative estimate of drug-likeness (QED) is 0.607. The van der Waals surface area contributed by atoms with Gasteiger partial charge in [0.15, 0.2) is 0 Å². The number of nitrogens with zero attached hydrogens (tertiary/aromatic N) is 2. The van der Waals surface area contributed by atoms with Crippen molar-refractivity contribution in [2.45, 2.75) is 33.0 Å². The number of hydrogen-bond donors (Lipinski definition) is 0. The summed E-state index contributed by atoms with van der Waals surface area (Å²) < 4.78 is 25.7. The fourth-order valence-electron chi connectivity index (χ4n) is 2.87. The zero-order valence-corrected chi connectivity index (χ0v) is 18.7. The molecule has 0 fully saturated rings. The molecule has 1 aromatic carbocycles. The molecule has 0 saturated heterocycles. The van der Waals surface area contributed by atoms with E-state index in [0.29, 0.717) is 33.6 Å². The third-order valence-corrected chi connectivity index (χ3v) is 5.28. The van der Waals surface area contributed by atoms with E-state index in [1.54, 1.807) is 32.9 Å². The summed E-state index contributed by atoms with van der Waals surface area (Å²) >= 11 is 1.21. The molecule has 1 heterocycles. The van der Waals surface area contributed by atoms with Crippen LogP contribution in [-0.4, -0.2) is 68.1 Å². The van der Waals surface area contributed by atoms with Gasteiger partial charge < -0.3 is 19.3 Å². The maximum Gasteiger partial charge on any atom is 0.326 e. The van der Waals surface area contributed by atoms with Crippen LogP contribution in [0.4, 0.5) is 4.39 Å². The van der Waals surface area contributed by atoms with Gasteiger partial charge in [-0.1, -0.05) is 6.07 Å². The molecule has 0 radical (unpaired) electrons. The van der Waals surface area contributed by atoms with Gasteiger partial charge in [-0.3, -0.25) is 9.59 Å². The SMILES string of the molecule is COCc1c(C(=O)N(CCN(C)C)CC(=O)OC(C)(C)C)sc2cccc(F)c12. The first-order valence-electron chi connectivity index (χ1n) is 9.38. The first kappa shape index (κ1) is 23.3. The zero-order chi connectivity index (χ0) is 21.8. The summed E-state index contributed by atoms with van der Waals surface area (Å²) in [7, 11) is 5.28. The fourth-order valence-corrected chi connectivity index (χ4v) is 4.06. The van der Waals surface area contributed by atoms with Crippen molar-refractivity contribution in [3.8, 4) is 0 Å². The summed E-state index contributed by atoms with van der Waals surface area (Å²) in [4.78, 5) is 29.5. The second-order valence-electron chi connectivity index (χ2n) is 8.07. The Kier molecular flexibility index (Phi) is 7.73. The number of benzene rings is 1. The van der Waals surface area contributed by atoms with Crippen LogP contribution in [0.2, 0.25) is 0 Å². The molecule has 0 N–H and O–H groups in total. The molecular formula is C21H29FN2O4S. The lowest BCUT2D eigenvalue weighted by Crippen LogP contribution is -2.42. The number of ether oxygens (including phenoxy) is 2. The molecule has 29 heavy (non-hydrogen) atoms. The molecule has 0 atom stereocenters. The highest BCUT2D eigenvalue weighted by molar-refractivity contribution is 7.21. The van der Waals surface area contributed by atoms with E-state index in [0.717, 1.165) is 0 Å². The number of amides is 1. The van der Waals surface area contributed by atoms with Crippen molar-refractivity contribution in [3.63, 3.8) is 0 Å². The number of hydrogen-bond acceptors (Lipinski definition) is 6. The predicted molar refractivity (Wildman–Crippen MR) is 113 cm³/mol. The number of carbonyl (C=O) groups is 2. The largest absolute Gasteiger partial charge is 0.459 e. The van der Waals surface area contributed by atoms with E-state index in [-0.39, 0.29) is 19.1 Å². The van der Waals surface area contributed by atoms with Crippen molar-refractivity contribution in [2.24, 2.45) is 0 Å². The van der Waals surface area contributed by atoms with Gasteiger partial charge in [-0.05, 0) is 47.0 Å². The van der Waals surface area contributed by atoms with Crippen molar-refractivity contribution in [3.05, 3.63) is 34.5 Å². The van der Waals surface area contributed by atoms with Crippen LogP contribution in [0.1, 0.15) is 36.0 Å². The Morgan fingerprint density at radius 3 is 2.45 bits per heavy atom. The Labute approximate surface area is 175 Å². The molecular weight excluding hydrogens is 395 g/mol. The highest BCUT2D eigenvalue weighted by atomic mass is 32.1. The molecule has 1 aromatic heterocycles. The number of rotatable bonds is 8. The molecule has 2 aromatic rings. The Balaban J connectivity index is 2.40. The standard InChI is InChI=1S/C21H29FN2O4S/c1-21(2,3)28-17(25)12-24(11-10-23(4)5)20(26)19-14(13-27-6)18-15(22)8-7-9-16(18)29-19/h7-9H,10-13H2,1-6H3. The van der Waals surface area contributed by atoms with Crippen LogP contribution in [0.5, 0.6) is 0 Å². The second-order valence-corrected chi connectivity index (χ2v) is 9.12. The first-order valence-corrected chi connectivity index (χ1v) is 10.2. The van der Waals surface area contributed by atoms with Crippen molar-refractivity contribution in [1.29, 1.82) is 0 Å². The molecule has 0 aliphatic carbocycles. The van der Waals surface area contributed by atoms with Gasteiger partial charge in [0.1, 0.15) is 18.0 Å². The monoisotopic (exact) mass is 424 g/mol. The maximum atomic E-state index is 14.4. The average Bonchev–Trinajstić information content (AvgIpc) is 2.96. The molecule has 2 rings (SSSR count). The number of likely N-dealkylation sites (N-methyl/N-ethyl adjacent to an activating group) is 1. The normalized spacial score (nSPS) is 11.9. The lowest BCUT2D eigenvalue weighted by atomic mass is 10.1. The number of carbonyl (C=O) groups excluding carboxylic acids is 2. The molecule has 0 bridgehead atoms. The van der Waals surface area contributed by atoms with E-state index in [1.165, 1.54) is 29.4 Å². The average molecular weight is 425 g/mol. The van der Waals surface area contributed by atoms with Gasteiger partial charge in [-0.25, -0.2) is 4.39 Å². The molecule has 6 nitrogen and oxygen atoms in total. The van der Waals surface area contributed by atoms with Crippen LogP contribution in [-0.2, 0) is 20.9 Å². The smallest absolute Gasteiger partial charge is 0.326 e. The Morgan fingerprint density at radius 2 is 1.86 bits per heavy atom. The Bertz CT molecular complexity index is 873. The van der Waals surface area contributed by atoms with Crippen LogP contribution < -0.4 is 0 Å². The highest BCUT2D eigenvalue weighted by Crippen LogP contribution is 2.34. The molecule has 0 unspecified atom stereocenters. The number of fused-ring (bicyclic) bond motifs is 1. The summed E-state index contributed by atoms with van der Waals surface area (Å²) in [6.45, 7) is 6.19. The van der Waals surface area contributed by atoms with Crippen molar-refractivity contribution in [2.75, 3.05) is 40.8 Å². The first-order chi connectivity index (χ1) is 13.5. The van der Waals surface area contributed by atoms with E-state index in [9.17, 15) is 14.0 Å². The lowest BCUT2D eigenvalue weighted by molar-refractivity contribution is -0.155. The summed E-state index contributed by atoms with van der Waals surface area (Å²) in [6.07, 6.45) is 0. The zero-order valence-electron chi connectivity index (χ0n) is 17.9. The maximum absolute atomic E-state index is 14.4. The van der Waals surface area contributed by atoms with Gasteiger partial charge in [0, 0.05) is 35.8 Å². The number of methoxy groups -OCH3 is 1. The van der Waals surface area contributed by atoms with Crippen LogP contribution in [0, 0.1) is 5.82 Å². The van der Waals surface area contributed by atoms with Gasteiger partial charge in [0.05, 0.1) is 11.5 Å². The van der Waals surface area contributed by atoms with Crippen molar-refractivity contribution in [1.82, 2.24) is 9.80 Å². The number of thiophene rings is 1. The highest BCUT2D eigenvalue weighted by Gasteiger charge is 2.27. The number of esters is 1. The molecule has 0 aliphatic rings. The molecule has 8 heteroatoms. The van der Waals surface area contributed by atoms with Crippen molar-refractivity contribution >= 4 is 33.3 Å². The minimum Gasteiger partial charge on any atom is -0.459 e. The van der Waals surface area contributed by atoms with E-state index >= 15 is 0 Å². The third kappa shape index (κ3) is 6.22. The van der Waals surface area contributed by atoms with Crippen LogP contribution in [0.25, 0.3) is 10.1 Å². The molecule has 0 spiro atoms. The Hall–Kier alpha value is -2.03. The van der Waals surface area contributed by atoms with E-state index < -0.39 is 17.4 Å². The molecule has 0 aliphatic heterocycles. The second kappa shape index (κ2) is 9.65. The third-order valence-electron chi connectivity index (χ3n) is 4.09. The van der Waals surface area contributed by atoms with Gasteiger partial charge in [0.25, 0.3) is 5.91 Å². The van der Waals surface area contributed by atoms with Crippen LogP contribution in [0.3, 0.4) is 0 Å². The minimum absolute atomic E-state index is 0.107.